The van der Waals surface area contributed by atoms with Gasteiger partial charge < -0.3 is 10.6 Å². The van der Waals surface area contributed by atoms with Crippen LogP contribution >= 0.6 is 0 Å². The first-order chi connectivity index (χ1) is 11.2. The highest BCUT2D eigenvalue weighted by Crippen LogP contribution is 2.29. The Bertz CT molecular complexity index is 589. The molecule has 0 amide bonds. The molecule has 24 heavy (non-hydrogen) atoms. The highest BCUT2D eigenvalue weighted by molar-refractivity contribution is 5.38. The maximum absolute atomic E-state index is 12.4. The second kappa shape index (κ2) is 6.93. The molecule has 0 radical (unpaired) electrons. The molecule has 0 aliphatic rings. The van der Waals surface area contributed by atoms with Gasteiger partial charge in [-0.15, -0.1) is 0 Å². The third kappa shape index (κ3) is 5.00. The maximum atomic E-state index is 12.4. The van der Waals surface area contributed by atoms with Crippen molar-refractivity contribution in [1.82, 2.24) is 9.97 Å². The lowest BCUT2D eigenvalue weighted by Crippen LogP contribution is -2.15. The zero-order valence-electron chi connectivity index (χ0n) is 12.0. The van der Waals surface area contributed by atoms with E-state index >= 15 is 0 Å². The summed E-state index contributed by atoms with van der Waals surface area (Å²) in [6.07, 6.45) is -7.46. The smallest absolute Gasteiger partial charge is 0.368 e. The van der Waals surface area contributed by atoms with Gasteiger partial charge in [0.15, 0.2) is 0 Å². The van der Waals surface area contributed by atoms with Gasteiger partial charge in [-0.1, -0.05) is 0 Å². The Hall–Kier alpha value is -2.52. The number of aromatic nitrogens is 2. The first kappa shape index (κ1) is 17.8. The molecule has 10 heteroatoms. The molecule has 0 saturated heterocycles. The summed E-state index contributed by atoms with van der Waals surface area (Å²) in [5.41, 5.74) is -1.69. The van der Waals surface area contributed by atoms with Gasteiger partial charge in [-0.2, -0.15) is 26.3 Å². The molecule has 2 aromatic heterocycles. The number of anilines is 2. The molecule has 0 aromatic carbocycles. The van der Waals surface area contributed by atoms with Crippen molar-refractivity contribution < 1.29 is 26.3 Å². The van der Waals surface area contributed by atoms with Crippen molar-refractivity contribution in [1.29, 1.82) is 0 Å². The number of pyridine rings is 2. The van der Waals surface area contributed by atoms with E-state index in [2.05, 4.69) is 20.6 Å². The minimum Gasteiger partial charge on any atom is -0.368 e. The summed E-state index contributed by atoms with van der Waals surface area (Å²) in [6, 6.07) is 4.19. The van der Waals surface area contributed by atoms with E-state index in [9.17, 15) is 26.3 Å². The van der Waals surface area contributed by atoms with E-state index in [1.165, 1.54) is 12.1 Å². The molecule has 2 heterocycles. The predicted octanol–water partition coefficient (Wildman–Crippen LogP) is 4.04. The molecule has 0 aliphatic carbocycles. The lowest BCUT2D eigenvalue weighted by atomic mass is 10.3. The average Bonchev–Trinajstić information content (AvgIpc) is 2.51. The quantitative estimate of drug-likeness (QED) is 0.631. The van der Waals surface area contributed by atoms with E-state index < -0.39 is 23.5 Å². The third-order valence-electron chi connectivity index (χ3n) is 2.92. The average molecular weight is 350 g/mol. The Morgan fingerprint density at radius 3 is 1.29 bits per heavy atom. The maximum Gasteiger partial charge on any atom is 0.417 e. The molecule has 0 saturated carbocycles. The summed E-state index contributed by atoms with van der Waals surface area (Å²) in [6.45, 7) is 0.585. The fraction of sp³-hybridized carbons (Fsp3) is 0.286. The fourth-order valence-corrected chi connectivity index (χ4v) is 1.71. The number of halogens is 6. The lowest BCUT2D eigenvalue weighted by Gasteiger charge is -2.10. The zero-order valence-corrected chi connectivity index (χ0v) is 12.0. The molecule has 0 fully saturated rings. The Morgan fingerprint density at radius 2 is 1.04 bits per heavy atom. The number of hydrogen-bond donors (Lipinski definition) is 2. The van der Waals surface area contributed by atoms with Gasteiger partial charge in [0.1, 0.15) is 11.6 Å². The van der Waals surface area contributed by atoms with Crippen LogP contribution in [0, 0.1) is 0 Å². The summed E-state index contributed by atoms with van der Waals surface area (Å²) in [7, 11) is 0. The normalized spacial score (nSPS) is 12.1. The second-order valence-corrected chi connectivity index (χ2v) is 4.71. The van der Waals surface area contributed by atoms with Crippen molar-refractivity contribution in [3.05, 3.63) is 47.8 Å². The van der Waals surface area contributed by atoms with Crippen LogP contribution in [0.4, 0.5) is 38.0 Å². The van der Waals surface area contributed by atoms with Gasteiger partial charge in [0.25, 0.3) is 0 Å². The van der Waals surface area contributed by atoms with E-state index in [0.717, 1.165) is 12.1 Å². The van der Waals surface area contributed by atoms with Crippen molar-refractivity contribution in [2.24, 2.45) is 0 Å². The zero-order chi connectivity index (χ0) is 17.8. The van der Waals surface area contributed by atoms with Gasteiger partial charge in [-0.3, -0.25) is 0 Å². The minimum atomic E-state index is -4.44. The molecule has 2 aromatic rings. The van der Waals surface area contributed by atoms with Crippen LogP contribution in [0.2, 0.25) is 0 Å². The van der Waals surface area contributed by atoms with Gasteiger partial charge in [-0.25, -0.2) is 9.97 Å². The molecular weight excluding hydrogens is 338 g/mol. The van der Waals surface area contributed by atoms with Crippen LogP contribution in [-0.2, 0) is 12.4 Å². The Balaban J connectivity index is 1.79. The SMILES string of the molecule is FC(F)(F)c1ccc(NCCNc2ccc(C(F)(F)F)cn2)nc1. The third-order valence-corrected chi connectivity index (χ3v) is 2.92. The van der Waals surface area contributed by atoms with Crippen LogP contribution in [0.1, 0.15) is 11.1 Å². The molecule has 0 aliphatic heterocycles. The fourth-order valence-electron chi connectivity index (χ4n) is 1.71. The van der Waals surface area contributed by atoms with Gasteiger partial charge >= 0.3 is 12.4 Å². The van der Waals surface area contributed by atoms with Crippen molar-refractivity contribution in [2.45, 2.75) is 12.4 Å². The molecule has 130 valence electrons. The molecule has 2 N–H and O–H groups in total. The summed E-state index contributed by atoms with van der Waals surface area (Å²) in [5, 5.41) is 5.56. The van der Waals surface area contributed by atoms with Crippen molar-refractivity contribution in [2.75, 3.05) is 23.7 Å². The van der Waals surface area contributed by atoms with Gasteiger partial charge in [0.2, 0.25) is 0 Å². The summed E-state index contributed by atoms with van der Waals surface area (Å²) in [4.78, 5) is 7.26. The first-order valence-electron chi connectivity index (χ1n) is 6.70. The topological polar surface area (TPSA) is 49.8 Å². The molecular formula is C14H12F6N4. The number of alkyl halides is 6. The van der Waals surface area contributed by atoms with Gasteiger partial charge in [0, 0.05) is 25.5 Å². The monoisotopic (exact) mass is 350 g/mol. The summed E-state index contributed by atoms with van der Waals surface area (Å²) < 4.78 is 74.2. The molecule has 0 atom stereocenters. The van der Waals surface area contributed by atoms with Crippen LogP contribution < -0.4 is 10.6 Å². The summed E-state index contributed by atoms with van der Waals surface area (Å²) >= 11 is 0. The van der Waals surface area contributed by atoms with E-state index in [1.807, 2.05) is 0 Å². The second-order valence-electron chi connectivity index (χ2n) is 4.71. The molecule has 4 nitrogen and oxygen atoms in total. The predicted molar refractivity (Wildman–Crippen MR) is 75.5 cm³/mol. The number of nitrogens with one attached hydrogen (secondary N) is 2. The van der Waals surface area contributed by atoms with E-state index in [0.29, 0.717) is 25.5 Å². The molecule has 2 rings (SSSR count). The van der Waals surface area contributed by atoms with Crippen LogP contribution in [0.25, 0.3) is 0 Å². The highest BCUT2D eigenvalue weighted by Gasteiger charge is 2.31. The highest BCUT2D eigenvalue weighted by atomic mass is 19.4. The van der Waals surface area contributed by atoms with Crippen LogP contribution in [0.15, 0.2) is 36.7 Å². The Kier molecular flexibility index (Phi) is 5.15. The van der Waals surface area contributed by atoms with Gasteiger partial charge in [-0.05, 0) is 24.3 Å². The molecule has 0 bridgehead atoms. The first-order valence-corrected chi connectivity index (χ1v) is 6.70. The van der Waals surface area contributed by atoms with E-state index in [1.54, 1.807) is 0 Å². The van der Waals surface area contributed by atoms with Crippen molar-refractivity contribution in [3.8, 4) is 0 Å². The van der Waals surface area contributed by atoms with Crippen LogP contribution in [-0.4, -0.2) is 23.1 Å². The van der Waals surface area contributed by atoms with Crippen molar-refractivity contribution >= 4 is 11.6 Å². The summed E-state index contributed by atoms with van der Waals surface area (Å²) in [5.74, 6) is 0.510. The Morgan fingerprint density at radius 1 is 0.667 bits per heavy atom. The minimum absolute atomic E-state index is 0.255. The van der Waals surface area contributed by atoms with Crippen molar-refractivity contribution in [3.63, 3.8) is 0 Å². The molecule has 0 spiro atoms. The largest absolute Gasteiger partial charge is 0.417 e. The standard InChI is InChI=1S/C14H12F6N4/c15-13(16,17)9-1-3-11(23-7-9)21-5-6-22-12-4-2-10(8-24-12)14(18,19)20/h1-4,7-8H,5-6H2,(H,21,23)(H,22,24). The van der Waals surface area contributed by atoms with Crippen LogP contribution in [0.3, 0.4) is 0 Å². The number of rotatable bonds is 5. The van der Waals surface area contributed by atoms with E-state index in [4.69, 9.17) is 0 Å². The van der Waals surface area contributed by atoms with E-state index in [-0.39, 0.29) is 11.6 Å². The number of hydrogen-bond acceptors (Lipinski definition) is 4. The molecule has 0 unspecified atom stereocenters. The number of nitrogens with zero attached hydrogens (tertiary/aromatic N) is 2. The van der Waals surface area contributed by atoms with Gasteiger partial charge in [0.05, 0.1) is 11.1 Å². The Labute approximate surface area is 132 Å². The lowest BCUT2D eigenvalue weighted by molar-refractivity contribution is -0.138. The van der Waals surface area contributed by atoms with Crippen LogP contribution in [0.5, 0.6) is 0 Å².